The summed E-state index contributed by atoms with van der Waals surface area (Å²) in [6.07, 6.45) is 1.71. The second-order valence-corrected chi connectivity index (χ2v) is 7.87. The molecule has 0 fully saturated rings. The molecule has 0 atom stereocenters. The molecule has 1 aromatic heterocycles. The van der Waals surface area contributed by atoms with Crippen LogP contribution in [0.1, 0.15) is 5.56 Å². The van der Waals surface area contributed by atoms with Gasteiger partial charge in [-0.2, -0.15) is 0 Å². The van der Waals surface area contributed by atoms with Gasteiger partial charge in [0.2, 0.25) is 0 Å². The Morgan fingerprint density at radius 2 is 1.66 bits per heavy atom. The normalized spacial score (nSPS) is 13.3. The van der Waals surface area contributed by atoms with Crippen molar-refractivity contribution in [3.8, 4) is 5.75 Å². The highest BCUT2D eigenvalue weighted by Crippen LogP contribution is 2.31. The van der Waals surface area contributed by atoms with Crippen LogP contribution in [0.2, 0.25) is 0 Å². The molecular weight excluding hydrogens is 454 g/mol. The SMILES string of the molecule is O=C1NC(=O)C(c2c[nH]c3ccccc23)=C1Nc1cccc(OCCNc2cc(F)cc(F)c2)c1. The van der Waals surface area contributed by atoms with Gasteiger partial charge in [0.05, 0.1) is 5.57 Å². The summed E-state index contributed by atoms with van der Waals surface area (Å²) in [5, 5.41) is 9.12. The summed E-state index contributed by atoms with van der Waals surface area (Å²) in [7, 11) is 0. The fraction of sp³-hybridized carbons (Fsp3) is 0.0769. The first kappa shape index (κ1) is 22.1. The van der Waals surface area contributed by atoms with E-state index in [1.165, 1.54) is 12.1 Å². The quantitative estimate of drug-likeness (QED) is 0.224. The van der Waals surface area contributed by atoms with Crippen LogP contribution in [0.25, 0.3) is 16.5 Å². The van der Waals surface area contributed by atoms with Gasteiger partial charge in [0.25, 0.3) is 11.8 Å². The molecule has 0 saturated carbocycles. The van der Waals surface area contributed by atoms with E-state index in [2.05, 4.69) is 20.9 Å². The van der Waals surface area contributed by atoms with E-state index < -0.39 is 23.4 Å². The molecule has 4 aromatic rings. The number of benzene rings is 3. The fourth-order valence-corrected chi connectivity index (χ4v) is 3.94. The first-order valence-electron chi connectivity index (χ1n) is 10.8. The van der Waals surface area contributed by atoms with Gasteiger partial charge < -0.3 is 20.4 Å². The predicted octanol–water partition coefficient (Wildman–Crippen LogP) is 4.42. The Labute approximate surface area is 198 Å². The lowest BCUT2D eigenvalue weighted by molar-refractivity contribution is -0.123. The van der Waals surface area contributed by atoms with Crippen LogP contribution in [0.3, 0.4) is 0 Å². The maximum Gasteiger partial charge on any atom is 0.275 e. The number of aromatic nitrogens is 1. The van der Waals surface area contributed by atoms with Crippen molar-refractivity contribution >= 4 is 39.7 Å². The van der Waals surface area contributed by atoms with E-state index in [0.717, 1.165) is 17.0 Å². The molecule has 7 nitrogen and oxygen atoms in total. The van der Waals surface area contributed by atoms with Crippen LogP contribution in [0.5, 0.6) is 5.75 Å². The minimum absolute atomic E-state index is 0.145. The molecule has 9 heteroatoms. The maximum absolute atomic E-state index is 13.3. The lowest BCUT2D eigenvalue weighted by atomic mass is 10.0. The summed E-state index contributed by atoms with van der Waals surface area (Å²) < 4.78 is 32.3. The molecule has 1 aliphatic heterocycles. The van der Waals surface area contributed by atoms with Crippen molar-refractivity contribution in [2.75, 3.05) is 23.8 Å². The highest BCUT2D eigenvalue weighted by molar-refractivity contribution is 6.38. The summed E-state index contributed by atoms with van der Waals surface area (Å²) in [5.41, 5.74) is 2.75. The summed E-state index contributed by atoms with van der Waals surface area (Å²) in [6, 6.07) is 17.6. The molecule has 1 aliphatic rings. The molecule has 2 heterocycles. The van der Waals surface area contributed by atoms with Crippen molar-refractivity contribution < 1.29 is 23.1 Å². The molecular formula is C26H20F2N4O3. The van der Waals surface area contributed by atoms with Gasteiger partial charge in [-0.15, -0.1) is 0 Å². The number of ether oxygens (including phenoxy) is 1. The Morgan fingerprint density at radius 3 is 2.49 bits per heavy atom. The zero-order chi connectivity index (χ0) is 24.4. The number of H-pyrrole nitrogens is 1. The molecule has 4 N–H and O–H groups in total. The van der Waals surface area contributed by atoms with Crippen LogP contribution in [-0.2, 0) is 9.59 Å². The van der Waals surface area contributed by atoms with E-state index in [-0.39, 0.29) is 17.9 Å². The summed E-state index contributed by atoms with van der Waals surface area (Å²) in [6.45, 7) is 0.539. The Bertz CT molecular complexity index is 1460. The van der Waals surface area contributed by atoms with Gasteiger partial charge in [-0.1, -0.05) is 24.3 Å². The highest BCUT2D eigenvalue weighted by Gasteiger charge is 2.32. The fourth-order valence-electron chi connectivity index (χ4n) is 3.94. The van der Waals surface area contributed by atoms with Crippen LogP contribution < -0.4 is 20.7 Å². The lowest BCUT2D eigenvalue weighted by Gasteiger charge is -2.12. The standard InChI is InChI=1S/C26H20F2N4O3/c27-15-10-16(28)12-18(11-15)29-8-9-35-19-5-3-4-17(13-19)31-24-23(25(33)32-26(24)34)21-14-30-22-7-2-1-6-20(21)22/h1-7,10-14,29-30H,8-9H2,(H2,31,32,33,34). The van der Waals surface area contributed by atoms with Crippen LogP contribution in [0, 0.1) is 11.6 Å². The Kier molecular flexibility index (Phi) is 5.88. The number of hydrogen-bond acceptors (Lipinski definition) is 5. The number of hydrogen-bond donors (Lipinski definition) is 4. The third-order valence-electron chi connectivity index (χ3n) is 5.46. The monoisotopic (exact) mass is 474 g/mol. The van der Waals surface area contributed by atoms with Crippen LogP contribution >= 0.6 is 0 Å². The van der Waals surface area contributed by atoms with E-state index in [1.807, 2.05) is 24.3 Å². The first-order chi connectivity index (χ1) is 17.0. The maximum atomic E-state index is 13.3. The molecule has 176 valence electrons. The molecule has 5 rings (SSSR count). The van der Waals surface area contributed by atoms with Gasteiger partial charge in [-0.05, 0) is 30.3 Å². The van der Waals surface area contributed by atoms with Crippen molar-refractivity contribution in [2.45, 2.75) is 0 Å². The first-order valence-corrected chi connectivity index (χ1v) is 10.8. The average Bonchev–Trinajstić information content (AvgIpc) is 3.36. The van der Waals surface area contributed by atoms with Crippen molar-refractivity contribution in [3.63, 3.8) is 0 Å². The molecule has 0 saturated heterocycles. The number of carbonyl (C=O) groups is 2. The van der Waals surface area contributed by atoms with E-state index in [4.69, 9.17) is 4.74 Å². The number of nitrogens with one attached hydrogen (secondary N) is 4. The van der Waals surface area contributed by atoms with Crippen LogP contribution in [0.4, 0.5) is 20.2 Å². The average molecular weight is 474 g/mol. The molecule has 3 aromatic carbocycles. The number of aromatic amines is 1. The zero-order valence-corrected chi connectivity index (χ0v) is 18.3. The molecule has 2 amide bonds. The van der Waals surface area contributed by atoms with Crippen molar-refractivity contribution in [1.82, 2.24) is 10.3 Å². The van der Waals surface area contributed by atoms with Gasteiger partial charge in [0.15, 0.2) is 0 Å². The second-order valence-electron chi connectivity index (χ2n) is 7.87. The summed E-state index contributed by atoms with van der Waals surface area (Å²) in [5.74, 6) is -1.81. The number of anilines is 2. The molecule has 0 bridgehead atoms. The van der Waals surface area contributed by atoms with Gasteiger partial charge in [-0.3, -0.25) is 14.9 Å². The van der Waals surface area contributed by atoms with E-state index in [9.17, 15) is 18.4 Å². The number of halogens is 2. The van der Waals surface area contributed by atoms with Crippen LogP contribution in [0.15, 0.2) is 78.6 Å². The summed E-state index contributed by atoms with van der Waals surface area (Å²) >= 11 is 0. The minimum atomic E-state index is -0.664. The smallest absolute Gasteiger partial charge is 0.275 e. The van der Waals surface area contributed by atoms with Gasteiger partial charge in [-0.25, -0.2) is 8.78 Å². The molecule has 35 heavy (non-hydrogen) atoms. The minimum Gasteiger partial charge on any atom is -0.492 e. The predicted molar refractivity (Wildman–Crippen MR) is 129 cm³/mol. The molecule has 0 unspecified atom stereocenters. The number of imide groups is 1. The Balaban J connectivity index is 1.30. The number of carbonyl (C=O) groups excluding carboxylic acids is 2. The van der Waals surface area contributed by atoms with Crippen molar-refractivity contribution in [3.05, 3.63) is 95.8 Å². The lowest BCUT2D eigenvalue weighted by Crippen LogP contribution is -2.24. The highest BCUT2D eigenvalue weighted by atomic mass is 19.1. The van der Waals surface area contributed by atoms with E-state index in [1.54, 1.807) is 30.5 Å². The summed E-state index contributed by atoms with van der Waals surface area (Å²) in [4.78, 5) is 28.3. The number of rotatable bonds is 8. The molecule has 0 radical (unpaired) electrons. The molecule has 0 aliphatic carbocycles. The second kappa shape index (κ2) is 9.30. The zero-order valence-electron chi connectivity index (χ0n) is 18.3. The van der Waals surface area contributed by atoms with Gasteiger partial charge in [0, 0.05) is 52.7 Å². The number of fused-ring (bicyclic) bond motifs is 1. The number of para-hydroxylation sites is 1. The third-order valence-corrected chi connectivity index (χ3v) is 5.46. The Hall–Kier alpha value is -4.66. The van der Waals surface area contributed by atoms with Crippen LogP contribution in [-0.4, -0.2) is 29.9 Å². The van der Waals surface area contributed by atoms with Crippen molar-refractivity contribution in [2.24, 2.45) is 0 Å². The van der Waals surface area contributed by atoms with E-state index in [0.29, 0.717) is 29.2 Å². The number of amides is 2. The van der Waals surface area contributed by atoms with Crippen molar-refractivity contribution in [1.29, 1.82) is 0 Å². The van der Waals surface area contributed by atoms with Gasteiger partial charge >= 0.3 is 0 Å². The van der Waals surface area contributed by atoms with Gasteiger partial charge in [0.1, 0.15) is 29.7 Å². The molecule has 0 spiro atoms. The Morgan fingerprint density at radius 1 is 0.857 bits per heavy atom. The largest absolute Gasteiger partial charge is 0.492 e. The topological polar surface area (TPSA) is 95.2 Å². The third kappa shape index (κ3) is 4.70. The van der Waals surface area contributed by atoms with E-state index >= 15 is 0 Å².